The van der Waals surface area contributed by atoms with Crippen molar-refractivity contribution in [3.05, 3.63) is 76.9 Å². The molecule has 2 heterocycles. The zero-order valence-electron chi connectivity index (χ0n) is 15.8. The lowest BCUT2D eigenvalue weighted by Crippen LogP contribution is -2.25. The van der Waals surface area contributed by atoms with Crippen LogP contribution in [0.3, 0.4) is 0 Å². The van der Waals surface area contributed by atoms with Crippen molar-refractivity contribution >= 4 is 5.91 Å². The molecule has 0 radical (unpaired) electrons. The highest BCUT2D eigenvalue weighted by molar-refractivity contribution is 5.97. The third-order valence-corrected chi connectivity index (χ3v) is 4.94. The molecule has 138 valence electrons. The first-order valence-corrected chi connectivity index (χ1v) is 9.54. The van der Waals surface area contributed by atoms with Crippen molar-refractivity contribution in [1.29, 1.82) is 0 Å². The van der Waals surface area contributed by atoms with E-state index in [2.05, 4.69) is 36.3 Å². The molecule has 1 fully saturated rings. The first-order chi connectivity index (χ1) is 13.2. The fourth-order valence-corrected chi connectivity index (χ4v) is 3.42. The van der Waals surface area contributed by atoms with Gasteiger partial charge in [0.15, 0.2) is 0 Å². The van der Waals surface area contributed by atoms with Crippen molar-refractivity contribution in [2.45, 2.75) is 45.6 Å². The predicted molar refractivity (Wildman–Crippen MR) is 105 cm³/mol. The Labute approximate surface area is 159 Å². The van der Waals surface area contributed by atoms with Gasteiger partial charge < -0.3 is 5.32 Å². The zero-order chi connectivity index (χ0) is 18.8. The first-order valence-electron chi connectivity index (χ1n) is 9.54. The summed E-state index contributed by atoms with van der Waals surface area (Å²) in [6.45, 7) is 4.57. The molecule has 0 spiro atoms. The normalized spacial score (nSPS) is 13.6. The third kappa shape index (κ3) is 3.63. The minimum atomic E-state index is -0.0571. The Morgan fingerprint density at radius 1 is 1.22 bits per heavy atom. The highest BCUT2D eigenvalue weighted by Crippen LogP contribution is 2.42. The van der Waals surface area contributed by atoms with E-state index in [1.54, 1.807) is 6.20 Å². The summed E-state index contributed by atoms with van der Waals surface area (Å²) >= 11 is 0. The van der Waals surface area contributed by atoms with Crippen molar-refractivity contribution in [3.63, 3.8) is 0 Å². The topological polar surface area (TPSA) is 59.8 Å². The number of amides is 1. The summed E-state index contributed by atoms with van der Waals surface area (Å²) in [5.41, 5.74) is 5.70. The molecule has 5 nitrogen and oxygen atoms in total. The number of aromatic nitrogens is 3. The van der Waals surface area contributed by atoms with Gasteiger partial charge in [-0.3, -0.25) is 9.78 Å². The van der Waals surface area contributed by atoms with Crippen LogP contribution < -0.4 is 5.32 Å². The van der Waals surface area contributed by atoms with E-state index in [1.165, 1.54) is 5.56 Å². The number of carbonyl (C=O) groups excluding carboxylic acids is 1. The average molecular weight is 360 g/mol. The second-order valence-corrected chi connectivity index (χ2v) is 7.09. The summed E-state index contributed by atoms with van der Waals surface area (Å²) in [5.74, 6) is 0.343. The molecule has 4 rings (SSSR count). The highest BCUT2D eigenvalue weighted by Gasteiger charge is 2.34. The Hall–Kier alpha value is -2.95. The highest BCUT2D eigenvalue weighted by atomic mass is 16.1. The molecule has 0 unspecified atom stereocenters. The van der Waals surface area contributed by atoms with Crippen molar-refractivity contribution in [2.75, 3.05) is 0 Å². The van der Waals surface area contributed by atoms with Crippen LogP contribution in [0.5, 0.6) is 0 Å². The quantitative estimate of drug-likeness (QED) is 0.724. The van der Waals surface area contributed by atoms with E-state index in [-0.39, 0.29) is 5.91 Å². The maximum absolute atomic E-state index is 13.1. The largest absolute Gasteiger partial charge is 0.346 e. The third-order valence-electron chi connectivity index (χ3n) is 4.94. The molecule has 1 amide bonds. The molecule has 5 heteroatoms. The van der Waals surface area contributed by atoms with Crippen LogP contribution in [0, 0.1) is 6.92 Å². The summed E-state index contributed by atoms with van der Waals surface area (Å²) in [6, 6.07) is 14.0. The van der Waals surface area contributed by atoms with Crippen LogP contribution >= 0.6 is 0 Å². The Bertz CT molecular complexity index is 958. The minimum absolute atomic E-state index is 0.0571. The zero-order valence-corrected chi connectivity index (χ0v) is 15.8. The van der Waals surface area contributed by atoms with Crippen molar-refractivity contribution in [2.24, 2.45) is 0 Å². The van der Waals surface area contributed by atoms with Gasteiger partial charge in [0.2, 0.25) is 0 Å². The van der Waals surface area contributed by atoms with Gasteiger partial charge in [-0.1, -0.05) is 25.1 Å². The number of hydrogen-bond donors (Lipinski definition) is 1. The molecular weight excluding hydrogens is 336 g/mol. The fraction of sp³-hybridized carbons (Fsp3) is 0.318. The van der Waals surface area contributed by atoms with Crippen molar-refractivity contribution in [3.8, 4) is 5.69 Å². The Morgan fingerprint density at radius 2 is 2.07 bits per heavy atom. The standard InChI is InChI=1S/C22H24N4O/c1-3-19-20(22(27)24-14-17-8-4-5-12-23-17)21(16-10-11-16)25-26(19)18-9-6-7-15(2)13-18/h4-9,12-13,16H,3,10-11,14H2,1-2H3,(H,24,27). The second-order valence-electron chi connectivity index (χ2n) is 7.09. The van der Waals surface area contributed by atoms with E-state index in [0.717, 1.165) is 47.6 Å². The predicted octanol–water partition coefficient (Wildman–Crippen LogP) is 3.95. The number of rotatable bonds is 6. The van der Waals surface area contributed by atoms with Gasteiger partial charge in [-0.05, 0) is 56.0 Å². The van der Waals surface area contributed by atoms with Gasteiger partial charge in [0.1, 0.15) is 0 Å². The van der Waals surface area contributed by atoms with Crippen LogP contribution in [0.1, 0.15) is 58.7 Å². The molecule has 2 aromatic heterocycles. The van der Waals surface area contributed by atoms with Gasteiger partial charge in [0.25, 0.3) is 5.91 Å². The number of carbonyl (C=O) groups is 1. The van der Waals surface area contributed by atoms with E-state index < -0.39 is 0 Å². The number of nitrogens with zero attached hydrogens (tertiary/aromatic N) is 3. The minimum Gasteiger partial charge on any atom is -0.346 e. The van der Waals surface area contributed by atoms with E-state index in [1.807, 2.05) is 35.0 Å². The van der Waals surface area contributed by atoms with Crippen LogP contribution in [0.25, 0.3) is 5.69 Å². The monoisotopic (exact) mass is 360 g/mol. The van der Waals surface area contributed by atoms with Gasteiger partial charge in [-0.2, -0.15) is 5.10 Å². The van der Waals surface area contributed by atoms with Crippen LogP contribution in [0.4, 0.5) is 0 Å². The average Bonchev–Trinajstić information content (AvgIpc) is 3.46. The first kappa shape index (κ1) is 17.5. The lowest BCUT2D eigenvalue weighted by atomic mass is 10.1. The summed E-state index contributed by atoms with van der Waals surface area (Å²) in [5, 5.41) is 7.91. The molecule has 1 aromatic carbocycles. The van der Waals surface area contributed by atoms with E-state index in [4.69, 9.17) is 5.10 Å². The van der Waals surface area contributed by atoms with Gasteiger partial charge >= 0.3 is 0 Å². The van der Waals surface area contributed by atoms with E-state index in [0.29, 0.717) is 12.5 Å². The summed E-state index contributed by atoms with van der Waals surface area (Å²) < 4.78 is 1.95. The molecule has 3 aromatic rings. The SMILES string of the molecule is CCc1c(C(=O)NCc2ccccn2)c(C2CC2)nn1-c1cccc(C)c1. The van der Waals surface area contributed by atoms with E-state index in [9.17, 15) is 4.79 Å². The number of aryl methyl sites for hydroxylation is 1. The Balaban J connectivity index is 1.69. The molecular formula is C22H24N4O. The van der Waals surface area contributed by atoms with Gasteiger partial charge in [-0.15, -0.1) is 0 Å². The molecule has 1 aliphatic carbocycles. The number of pyridine rings is 1. The van der Waals surface area contributed by atoms with Gasteiger partial charge in [0.05, 0.1) is 34.9 Å². The van der Waals surface area contributed by atoms with Crippen LogP contribution in [0.2, 0.25) is 0 Å². The summed E-state index contributed by atoms with van der Waals surface area (Å²) in [7, 11) is 0. The molecule has 0 atom stereocenters. The molecule has 0 bridgehead atoms. The molecule has 0 aliphatic heterocycles. The number of benzene rings is 1. The lowest BCUT2D eigenvalue weighted by molar-refractivity contribution is 0.0948. The molecule has 1 saturated carbocycles. The second kappa shape index (κ2) is 7.35. The van der Waals surface area contributed by atoms with Crippen molar-refractivity contribution < 1.29 is 4.79 Å². The number of nitrogens with one attached hydrogen (secondary N) is 1. The molecule has 0 saturated heterocycles. The Morgan fingerprint density at radius 3 is 2.74 bits per heavy atom. The van der Waals surface area contributed by atoms with Gasteiger partial charge in [0, 0.05) is 12.1 Å². The van der Waals surface area contributed by atoms with Gasteiger partial charge in [-0.25, -0.2) is 4.68 Å². The van der Waals surface area contributed by atoms with Crippen LogP contribution in [-0.2, 0) is 13.0 Å². The lowest BCUT2D eigenvalue weighted by Gasteiger charge is -2.09. The fourth-order valence-electron chi connectivity index (χ4n) is 3.42. The maximum Gasteiger partial charge on any atom is 0.255 e. The molecule has 1 aliphatic rings. The maximum atomic E-state index is 13.1. The van der Waals surface area contributed by atoms with E-state index >= 15 is 0 Å². The van der Waals surface area contributed by atoms with Crippen molar-refractivity contribution in [1.82, 2.24) is 20.1 Å². The summed E-state index contributed by atoms with van der Waals surface area (Å²) in [6.07, 6.45) is 4.70. The molecule has 27 heavy (non-hydrogen) atoms. The number of hydrogen-bond acceptors (Lipinski definition) is 3. The molecule has 1 N–H and O–H groups in total. The smallest absolute Gasteiger partial charge is 0.255 e. The summed E-state index contributed by atoms with van der Waals surface area (Å²) in [4.78, 5) is 17.4. The van der Waals surface area contributed by atoms with Crippen LogP contribution in [0.15, 0.2) is 48.7 Å². The van der Waals surface area contributed by atoms with Crippen LogP contribution in [-0.4, -0.2) is 20.7 Å². The Kier molecular flexibility index (Phi) is 4.75.